The first kappa shape index (κ1) is 14.4. The highest BCUT2D eigenvalue weighted by molar-refractivity contribution is 4.95. The van der Waals surface area contributed by atoms with Gasteiger partial charge in [0.25, 0.3) is 0 Å². The average molecular weight is 269 g/mol. The van der Waals surface area contributed by atoms with E-state index in [9.17, 15) is 0 Å². The topological polar surface area (TPSA) is 74.1 Å². The van der Waals surface area contributed by atoms with Gasteiger partial charge >= 0.3 is 0 Å². The molecule has 3 atom stereocenters. The second-order valence-electron chi connectivity index (χ2n) is 4.92. The van der Waals surface area contributed by atoms with Crippen molar-refractivity contribution in [2.24, 2.45) is 0 Å². The van der Waals surface area contributed by atoms with Crippen LogP contribution >= 0.6 is 0 Å². The molecule has 1 aliphatic rings. The van der Waals surface area contributed by atoms with Crippen LogP contribution in [0.1, 0.15) is 44.1 Å². The Labute approximate surface area is 113 Å². The van der Waals surface area contributed by atoms with Gasteiger partial charge in [0.1, 0.15) is 0 Å². The van der Waals surface area contributed by atoms with Gasteiger partial charge in [0.15, 0.2) is 5.82 Å². The highest BCUT2D eigenvalue weighted by Crippen LogP contribution is 2.32. The van der Waals surface area contributed by atoms with Crippen LogP contribution in [0.3, 0.4) is 0 Å². The van der Waals surface area contributed by atoms with Crippen LogP contribution < -0.4 is 5.32 Å². The largest absolute Gasteiger partial charge is 0.383 e. The molecule has 1 aliphatic carbocycles. The quantitative estimate of drug-likeness (QED) is 0.735. The van der Waals surface area contributed by atoms with E-state index in [-0.39, 0.29) is 18.2 Å². The molecular weight excluding hydrogens is 246 g/mol. The zero-order chi connectivity index (χ0) is 13.7. The SMILES string of the molecule is COCCNC(C)c1nnnn1C1CCCC1OC. The van der Waals surface area contributed by atoms with Crippen molar-refractivity contribution < 1.29 is 9.47 Å². The summed E-state index contributed by atoms with van der Waals surface area (Å²) in [7, 11) is 3.45. The predicted molar refractivity (Wildman–Crippen MR) is 69.8 cm³/mol. The van der Waals surface area contributed by atoms with Crippen molar-refractivity contribution in [2.45, 2.75) is 44.4 Å². The molecule has 0 aliphatic heterocycles. The van der Waals surface area contributed by atoms with Crippen molar-refractivity contribution in [3.63, 3.8) is 0 Å². The Hall–Kier alpha value is -1.05. The van der Waals surface area contributed by atoms with Crippen LogP contribution in [0.25, 0.3) is 0 Å². The van der Waals surface area contributed by atoms with Gasteiger partial charge in [-0.2, -0.15) is 0 Å². The lowest BCUT2D eigenvalue weighted by Gasteiger charge is -2.21. The summed E-state index contributed by atoms with van der Waals surface area (Å²) in [6, 6.07) is 0.352. The van der Waals surface area contributed by atoms with Crippen molar-refractivity contribution in [3.05, 3.63) is 5.82 Å². The summed E-state index contributed by atoms with van der Waals surface area (Å²) >= 11 is 0. The molecule has 0 bridgehead atoms. The minimum absolute atomic E-state index is 0.100. The van der Waals surface area contributed by atoms with Crippen LogP contribution in [0.15, 0.2) is 0 Å². The molecule has 7 heteroatoms. The Balaban J connectivity index is 2.04. The van der Waals surface area contributed by atoms with Gasteiger partial charge in [-0.15, -0.1) is 5.10 Å². The molecule has 1 saturated carbocycles. The lowest BCUT2D eigenvalue weighted by Crippen LogP contribution is -2.29. The highest BCUT2D eigenvalue weighted by Gasteiger charge is 2.32. The summed E-state index contributed by atoms with van der Waals surface area (Å²) in [6.45, 7) is 3.52. The van der Waals surface area contributed by atoms with Crippen LogP contribution in [0, 0.1) is 0 Å². The molecular formula is C12H23N5O2. The van der Waals surface area contributed by atoms with Gasteiger partial charge in [0.2, 0.25) is 0 Å². The van der Waals surface area contributed by atoms with Crippen LogP contribution in [-0.4, -0.2) is 53.7 Å². The van der Waals surface area contributed by atoms with Gasteiger partial charge in [-0.1, -0.05) is 0 Å². The molecule has 19 heavy (non-hydrogen) atoms. The van der Waals surface area contributed by atoms with E-state index < -0.39 is 0 Å². The summed E-state index contributed by atoms with van der Waals surface area (Å²) in [6.07, 6.45) is 3.52. The monoisotopic (exact) mass is 269 g/mol. The first-order valence-corrected chi connectivity index (χ1v) is 6.80. The zero-order valence-corrected chi connectivity index (χ0v) is 11.9. The van der Waals surface area contributed by atoms with Gasteiger partial charge in [-0.3, -0.25) is 0 Å². The van der Waals surface area contributed by atoms with E-state index in [0.717, 1.165) is 31.6 Å². The Morgan fingerprint density at radius 3 is 3.00 bits per heavy atom. The number of tetrazole rings is 1. The molecule has 108 valence electrons. The number of methoxy groups -OCH3 is 2. The van der Waals surface area contributed by atoms with Crippen molar-refractivity contribution >= 4 is 0 Å². The molecule has 1 fully saturated rings. The summed E-state index contributed by atoms with van der Waals surface area (Å²) in [5, 5.41) is 15.5. The summed E-state index contributed by atoms with van der Waals surface area (Å²) in [4.78, 5) is 0. The van der Waals surface area contributed by atoms with Crippen LogP contribution in [-0.2, 0) is 9.47 Å². The number of nitrogens with zero attached hydrogens (tertiary/aromatic N) is 4. The van der Waals surface area contributed by atoms with Crippen molar-refractivity contribution in [1.29, 1.82) is 0 Å². The van der Waals surface area contributed by atoms with Crippen molar-refractivity contribution in [1.82, 2.24) is 25.5 Å². The van der Waals surface area contributed by atoms with E-state index in [0.29, 0.717) is 6.61 Å². The maximum absolute atomic E-state index is 5.52. The van der Waals surface area contributed by atoms with Crippen LogP contribution in [0.5, 0.6) is 0 Å². The van der Waals surface area contributed by atoms with Crippen LogP contribution in [0.2, 0.25) is 0 Å². The van der Waals surface area contributed by atoms with E-state index in [1.807, 2.05) is 4.68 Å². The lowest BCUT2D eigenvalue weighted by atomic mass is 10.2. The number of aromatic nitrogens is 4. The number of hydrogen-bond donors (Lipinski definition) is 1. The van der Waals surface area contributed by atoms with E-state index in [1.165, 1.54) is 0 Å². The highest BCUT2D eigenvalue weighted by atomic mass is 16.5. The number of rotatable bonds is 7. The molecule has 1 N–H and O–H groups in total. The van der Waals surface area contributed by atoms with Gasteiger partial charge in [0.05, 0.1) is 24.8 Å². The third-order valence-electron chi connectivity index (χ3n) is 3.70. The fraction of sp³-hybridized carbons (Fsp3) is 0.917. The zero-order valence-electron chi connectivity index (χ0n) is 11.9. The maximum atomic E-state index is 5.52. The van der Waals surface area contributed by atoms with Crippen molar-refractivity contribution in [3.8, 4) is 0 Å². The third kappa shape index (κ3) is 3.29. The molecule has 2 rings (SSSR count). The van der Waals surface area contributed by atoms with E-state index >= 15 is 0 Å². The summed E-state index contributed by atoms with van der Waals surface area (Å²) < 4.78 is 12.5. The number of hydrogen-bond acceptors (Lipinski definition) is 6. The predicted octanol–water partition coefficient (Wildman–Crippen LogP) is 0.710. The Morgan fingerprint density at radius 1 is 1.42 bits per heavy atom. The second-order valence-corrected chi connectivity index (χ2v) is 4.92. The Morgan fingerprint density at radius 2 is 2.26 bits per heavy atom. The smallest absolute Gasteiger partial charge is 0.168 e. The van der Waals surface area contributed by atoms with E-state index in [1.54, 1.807) is 14.2 Å². The van der Waals surface area contributed by atoms with Gasteiger partial charge in [0, 0.05) is 20.8 Å². The summed E-state index contributed by atoms with van der Waals surface area (Å²) in [5.41, 5.74) is 0. The molecule has 1 aromatic rings. The molecule has 0 saturated heterocycles. The van der Waals surface area contributed by atoms with E-state index in [4.69, 9.17) is 9.47 Å². The molecule has 1 heterocycles. The summed E-state index contributed by atoms with van der Waals surface area (Å²) in [5.74, 6) is 0.866. The average Bonchev–Trinajstić information content (AvgIpc) is 3.06. The van der Waals surface area contributed by atoms with Gasteiger partial charge in [-0.05, 0) is 36.6 Å². The maximum Gasteiger partial charge on any atom is 0.168 e. The minimum Gasteiger partial charge on any atom is -0.383 e. The van der Waals surface area contributed by atoms with Crippen molar-refractivity contribution in [2.75, 3.05) is 27.4 Å². The second kappa shape index (κ2) is 6.93. The van der Waals surface area contributed by atoms with Gasteiger partial charge in [-0.25, -0.2) is 4.68 Å². The Bertz CT molecular complexity index is 384. The third-order valence-corrected chi connectivity index (χ3v) is 3.70. The molecule has 3 unspecified atom stereocenters. The number of ether oxygens (including phenoxy) is 2. The minimum atomic E-state index is 0.100. The number of nitrogens with one attached hydrogen (secondary N) is 1. The van der Waals surface area contributed by atoms with E-state index in [2.05, 4.69) is 27.8 Å². The van der Waals surface area contributed by atoms with Crippen LogP contribution in [0.4, 0.5) is 0 Å². The first-order valence-electron chi connectivity index (χ1n) is 6.80. The molecule has 1 aromatic heterocycles. The molecule has 0 aromatic carbocycles. The van der Waals surface area contributed by atoms with Gasteiger partial charge < -0.3 is 14.8 Å². The molecule has 0 radical (unpaired) electrons. The lowest BCUT2D eigenvalue weighted by molar-refractivity contribution is 0.0685. The first-order chi connectivity index (χ1) is 9.27. The molecule has 0 amide bonds. The fourth-order valence-corrected chi connectivity index (χ4v) is 2.65. The molecule has 7 nitrogen and oxygen atoms in total. The standard InChI is InChI=1S/C12H23N5O2/c1-9(13-7-8-18-2)12-14-15-16-17(12)10-5-4-6-11(10)19-3/h9-11,13H,4-8H2,1-3H3. The normalized spacial score (nSPS) is 24.8. The Kier molecular flexibility index (Phi) is 5.24. The molecule has 0 spiro atoms. The fourth-order valence-electron chi connectivity index (χ4n) is 2.65.